The molecule has 0 saturated heterocycles. The summed E-state index contributed by atoms with van der Waals surface area (Å²) in [5, 5.41) is 12.2. The Bertz CT molecular complexity index is 591. The topological polar surface area (TPSA) is 88.5 Å². The largest absolute Gasteiger partial charge is 0.481 e. The van der Waals surface area contributed by atoms with Crippen molar-refractivity contribution in [3.05, 3.63) is 22.8 Å². The van der Waals surface area contributed by atoms with E-state index < -0.39 is 11.9 Å². The van der Waals surface area contributed by atoms with Crippen LogP contribution in [-0.4, -0.2) is 34.6 Å². The van der Waals surface area contributed by atoms with Gasteiger partial charge in [0.1, 0.15) is 5.02 Å². The average molecular weight is 341 g/mol. The molecule has 0 spiro atoms. The number of rotatable bonds is 6. The number of amides is 1. The van der Waals surface area contributed by atoms with Crippen LogP contribution in [0.2, 0.25) is 5.02 Å². The lowest BCUT2D eigenvalue weighted by atomic mass is 10.0. The number of carbonyl (C=O) groups excluding carboxylic acids is 1. The van der Waals surface area contributed by atoms with Crippen molar-refractivity contribution in [2.24, 2.45) is 11.8 Å². The zero-order valence-corrected chi connectivity index (χ0v) is 14.0. The Morgan fingerprint density at radius 2 is 2.22 bits per heavy atom. The Labute approximate surface area is 140 Å². The van der Waals surface area contributed by atoms with Crippen molar-refractivity contribution in [3.63, 3.8) is 0 Å². The number of carboxylic acids is 1. The van der Waals surface area contributed by atoms with Gasteiger partial charge in [-0.25, -0.2) is 4.98 Å². The molecule has 0 aromatic carbocycles. The molecular formula is C16H21ClN2O4. The summed E-state index contributed by atoms with van der Waals surface area (Å²) >= 11 is 6.09. The second-order valence-electron chi connectivity index (χ2n) is 6.17. The number of halogens is 1. The summed E-state index contributed by atoms with van der Waals surface area (Å²) in [4.78, 5) is 27.5. The fraction of sp³-hybridized carbons (Fsp3) is 0.562. The van der Waals surface area contributed by atoms with Crippen molar-refractivity contribution < 1.29 is 19.4 Å². The van der Waals surface area contributed by atoms with Crippen LogP contribution in [-0.2, 0) is 4.79 Å². The number of pyridine rings is 1. The zero-order valence-electron chi connectivity index (χ0n) is 13.2. The molecule has 1 aliphatic carbocycles. The molecule has 1 aromatic rings. The molecule has 1 heterocycles. The van der Waals surface area contributed by atoms with Crippen LogP contribution in [0.3, 0.4) is 0 Å². The minimum atomic E-state index is -0.874. The van der Waals surface area contributed by atoms with Crippen LogP contribution >= 0.6 is 11.6 Å². The number of aromatic nitrogens is 1. The third-order valence-electron chi connectivity index (χ3n) is 3.77. The molecule has 23 heavy (non-hydrogen) atoms. The molecule has 126 valence electrons. The first kappa shape index (κ1) is 17.5. The Balaban J connectivity index is 2.02. The molecule has 0 radical (unpaired) electrons. The maximum absolute atomic E-state index is 12.3. The van der Waals surface area contributed by atoms with E-state index in [1.807, 2.05) is 13.8 Å². The van der Waals surface area contributed by atoms with E-state index in [0.29, 0.717) is 36.8 Å². The molecule has 0 unspecified atom stereocenters. The first-order chi connectivity index (χ1) is 10.9. The Hall–Kier alpha value is -1.82. The number of hydrogen-bond acceptors (Lipinski definition) is 4. The van der Waals surface area contributed by atoms with Crippen molar-refractivity contribution in [1.82, 2.24) is 10.3 Å². The van der Waals surface area contributed by atoms with Crippen LogP contribution < -0.4 is 10.1 Å². The van der Waals surface area contributed by atoms with Crippen LogP contribution in [0, 0.1) is 11.8 Å². The molecule has 0 bridgehead atoms. The van der Waals surface area contributed by atoms with Gasteiger partial charge < -0.3 is 15.2 Å². The zero-order chi connectivity index (χ0) is 17.0. The predicted octanol–water partition coefficient (Wildman–Crippen LogP) is 2.75. The normalized spacial score (nSPS) is 20.5. The summed E-state index contributed by atoms with van der Waals surface area (Å²) in [6.45, 7) is 4.51. The number of aliphatic carboxylic acids is 1. The van der Waals surface area contributed by atoms with Gasteiger partial charge in [-0.05, 0) is 24.8 Å². The van der Waals surface area contributed by atoms with Crippen molar-refractivity contribution in [2.45, 2.75) is 39.2 Å². The van der Waals surface area contributed by atoms with Crippen LogP contribution in [0.25, 0.3) is 0 Å². The van der Waals surface area contributed by atoms with E-state index in [1.54, 1.807) is 0 Å². The molecule has 1 saturated carbocycles. The van der Waals surface area contributed by atoms with Crippen molar-refractivity contribution in [3.8, 4) is 5.88 Å². The van der Waals surface area contributed by atoms with Gasteiger partial charge in [0.25, 0.3) is 5.91 Å². The van der Waals surface area contributed by atoms with Gasteiger partial charge in [-0.15, -0.1) is 0 Å². The maximum Gasteiger partial charge on any atom is 0.308 e. The Morgan fingerprint density at radius 1 is 1.48 bits per heavy atom. The van der Waals surface area contributed by atoms with Crippen LogP contribution in [0.15, 0.2) is 12.3 Å². The lowest BCUT2D eigenvalue weighted by Gasteiger charge is -2.17. The van der Waals surface area contributed by atoms with Gasteiger partial charge in [0.05, 0.1) is 18.1 Å². The summed E-state index contributed by atoms with van der Waals surface area (Å²) in [6, 6.07) is 1.14. The van der Waals surface area contributed by atoms with E-state index in [-0.39, 0.29) is 17.0 Å². The third-order valence-corrected chi connectivity index (χ3v) is 4.04. The summed E-state index contributed by atoms with van der Waals surface area (Å²) < 4.78 is 5.46. The van der Waals surface area contributed by atoms with Crippen LogP contribution in [0.1, 0.15) is 43.5 Å². The molecular weight excluding hydrogens is 320 g/mol. The second-order valence-corrected chi connectivity index (χ2v) is 6.58. The molecule has 2 atom stereocenters. The molecule has 1 aromatic heterocycles. The fourth-order valence-corrected chi connectivity index (χ4v) is 2.80. The molecule has 0 aliphatic heterocycles. The van der Waals surface area contributed by atoms with Gasteiger partial charge >= 0.3 is 5.97 Å². The molecule has 1 fully saturated rings. The molecule has 7 heteroatoms. The standard InChI is InChI=1S/C16H21ClN2O4/c1-9(2)8-23-15-12(17)6-10(7-18-15)14(20)19-13-5-3-4-11(13)16(21)22/h6-7,9,11,13H,3-5,8H2,1-2H3,(H,19,20)(H,21,22)/t11-,13+/m0/s1. The van der Waals surface area contributed by atoms with Gasteiger partial charge in [-0.1, -0.05) is 31.9 Å². The van der Waals surface area contributed by atoms with Crippen LogP contribution in [0.4, 0.5) is 0 Å². The molecule has 2 rings (SSSR count). The summed E-state index contributed by atoms with van der Waals surface area (Å²) in [5.74, 6) is -1.14. The van der Waals surface area contributed by atoms with Gasteiger partial charge in [0.15, 0.2) is 0 Å². The number of carbonyl (C=O) groups is 2. The van der Waals surface area contributed by atoms with E-state index in [1.165, 1.54) is 12.3 Å². The summed E-state index contributed by atoms with van der Waals surface area (Å²) in [7, 11) is 0. The van der Waals surface area contributed by atoms with Crippen LogP contribution in [0.5, 0.6) is 5.88 Å². The highest BCUT2D eigenvalue weighted by Crippen LogP contribution is 2.27. The van der Waals surface area contributed by atoms with Gasteiger partial charge in [0.2, 0.25) is 5.88 Å². The first-order valence-electron chi connectivity index (χ1n) is 7.70. The smallest absolute Gasteiger partial charge is 0.308 e. The second kappa shape index (κ2) is 7.64. The molecule has 1 aliphatic rings. The van der Waals surface area contributed by atoms with E-state index in [0.717, 1.165) is 6.42 Å². The van der Waals surface area contributed by atoms with E-state index >= 15 is 0 Å². The molecule has 2 N–H and O–H groups in total. The summed E-state index contributed by atoms with van der Waals surface area (Å²) in [6.07, 6.45) is 3.44. The highest BCUT2D eigenvalue weighted by molar-refractivity contribution is 6.32. The van der Waals surface area contributed by atoms with E-state index in [2.05, 4.69) is 10.3 Å². The Morgan fingerprint density at radius 3 is 2.83 bits per heavy atom. The lowest BCUT2D eigenvalue weighted by Crippen LogP contribution is -2.40. The monoisotopic (exact) mass is 340 g/mol. The minimum absolute atomic E-state index is 0.263. The lowest BCUT2D eigenvalue weighted by molar-refractivity contribution is -0.142. The SMILES string of the molecule is CC(C)COc1ncc(C(=O)N[C@@H]2CCC[C@@H]2C(=O)O)cc1Cl. The van der Waals surface area contributed by atoms with E-state index in [4.69, 9.17) is 21.4 Å². The van der Waals surface area contributed by atoms with Gasteiger partial charge in [-0.2, -0.15) is 0 Å². The number of hydrogen-bond donors (Lipinski definition) is 2. The number of nitrogens with one attached hydrogen (secondary N) is 1. The molecule has 6 nitrogen and oxygen atoms in total. The highest BCUT2D eigenvalue weighted by Gasteiger charge is 2.34. The van der Waals surface area contributed by atoms with Crippen molar-refractivity contribution >= 4 is 23.5 Å². The maximum atomic E-state index is 12.3. The summed E-state index contributed by atoms with van der Waals surface area (Å²) in [5.41, 5.74) is 0.294. The average Bonchev–Trinajstić information content (AvgIpc) is 2.94. The quantitative estimate of drug-likeness (QED) is 0.831. The van der Waals surface area contributed by atoms with Crippen molar-refractivity contribution in [2.75, 3.05) is 6.61 Å². The van der Waals surface area contributed by atoms with Gasteiger partial charge in [0, 0.05) is 12.2 Å². The number of nitrogens with zero attached hydrogens (tertiary/aromatic N) is 1. The first-order valence-corrected chi connectivity index (χ1v) is 8.08. The van der Waals surface area contributed by atoms with Crippen molar-refractivity contribution in [1.29, 1.82) is 0 Å². The fourth-order valence-electron chi connectivity index (χ4n) is 2.58. The Kier molecular flexibility index (Phi) is 5.82. The molecule has 1 amide bonds. The minimum Gasteiger partial charge on any atom is -0.481 e. The third kappa shape index (κ3) is 4.58. The van der Waals surface area contributed by atoms with Gasteiger partial charge in [-0.3, -0.25) is 9.59 Å². The predicted molar refractivity (Wildman–Crippen MR) is 85.8 cm³/mol. The van der Waals surface area contributed by atoms with E-state index in [9.17, 15) is 9.59 Å². The number of carboxylic acid groups (broad SMARTS) is 1. The number of ether oxygens (including phenoxy) is 1. The highest BCUT2D eigenvalue weighted by atomic mass is 35.5.